The molecule has 3 heterocycles. The summed E-state index contributed by atoms with van der Waals surface area (Å²) in [6.45, 7) is 2.70. The summed E-state index contributed by atoms with van der Waals surface area (Å²) < 4.78 is 7.94. The minimum Gasteiger partial charge on any atom is -0.378 e. The van der Waals surface area contributed by atoms with Gasteiger partial charge >= 0.3 is 5.69 Å². The second-order valence-corrected chi connectivity index (χ2v) is 8.45. The lowest BCUT2D eigenvalue weighted by atomic mass is 10.1. The van der Waals surface area contributed by atoms with Gasteiger partial charge in [-0.25, -0.2) is 14.8 Å². The highest BCUT2D eigenvalue weighted by Gasteiger charge is 2.19. The van der Waals surface area contributed by atoms with Gasteiger partial charge in [0.25, 0.3) is 5.56 Å². The fraction of sp³-hybridized carbons (Fsp3) is 0.214. The highest BCUT2D eigenvalue weighted by Crippen LogP contribution is 2.24. The van der Waals surface area contributed by atoms with E-state index in [2.05, 4.69) is 21.7 Å². The Morgan fingerprint density at radius 3 is 2.25 bits per heavy atom. The van der Waals surface area contributed by atoms with E-state index in [0.29, 0.717) is 24.6 Å². The Bertz CT molecular complexity index is 1620. The van der Waals surface area contributed by atoms with Crippen molar-refractivity contribution in [2.45, 2.75) is 0 Å². The zero-order chi connectivity index (χ0) is 25.1. The first-order chi connectivity index (χ1) is 17.5. The monoisotopic (exact) mass is 479 g/mol. The molecule has 0 bridgehead atoms. The molecule has 1 aliphatic rings. The summed E-state index contributed by atoms with van der Waals surface area (Å²) in [6.07, 6.45) is 1.93. The van der Waals surface area contributed by atoms with E-state index in [1.165, 1.54) is 11.6 Å². The topological polar surface area (TPSA) is 82.2 Å². The maximum Gasteiger partial charge on any atom is 0.332 e. The fourth-order valence-corrected chi connectivity index (χ4v) is 4.12. The predicted octanol–water partition coefficient (Wildman–Crippen LogP) is 2.26. The summed E-state index contributed by atoms with van der Waals surface area (Å²) >= 11 is 0. The molecule has 1 fully saturated rings. The van der Waals surface area contributed by atoms with Crippen LogP contribution in [-0.2, 0) is 18.8 Å². The zero-order valence-electron chi connectivity index (χ0n) is 20.1. The van der Waals surface area contributed by atoms with Crippen molar-refractivity contribution in [3.8, 4) is 11.8 Å². The maximum atomic E-state index is 12.9. The SMILES string of the molecule is Cn1c(=O)c2nc(C#Cc3ccccc3)c(/C=C(\c3ccccc3)N3CCOCC3)nc2n(C)c1=O. The summed E-state index contributed by atoms with van der Waals surface area (Å²) in [4.78, 5) is 37.1. The summed E-state index contributed by atoms with van der Waals surface area (Å²) in [5.41, 5.74) is 2.98. The first-order valence-corrected chi connectivity index (χ1v) is 11.7. The van der Waals surface area contributed by atoms with Gasteiger partial charge < -0.3 is 9.64 Å². The third-order valence-corrected chi connectivity index (χ3v) is 6.10. The molecular weight excluding hydrogens is 454 g/mol. The molecule has 36 heavy (non-hydrogen) atoms. The molecule has 0 spiro atoms. The van der Waals surface area contributed by atoms with E-state index in [9.17, 15) is 9.59 Å². The van der Waals surface area contributed by atoms with Crippen molar-refractivity contribution in [3.63, 3.8) is 0 Å². The molecule has 2 aromatic carbocycles. The Morgan fingerprint density at radius 2 is 1.56 bits per heavy atom. The van der Waals surface area contributed by atoms with E-state index in [0.717, 1.165) is 34.5 Å². The molecule has 5 rings (SSSR count). The molecule has 0 unspecified atom stereocenters. The van der Waals surface area contributed by atoms with E-state index in [1.807, 2.05) is 66.7 Å². The lowest BCUT2D eigenvalue weighted by Gasteiger charge is -2.31. The largest absolute Gasteiger partial charge is 0.378 e. The highest BCUT2D eigenvalue weighted by molar-refractivity contribution is 5.83. The maximum absolute atomic E-state index is 12.9. The Balaban J connectivity index is 1.77. The molecule has 1 aliphatic heterocycles. The molecule has 4 aromatic rings. The van der Waals surface area contributed by atoms with Crippen molar-refractivity contribution in [2.75, 3.05) is 26.3 Å². The van der Waals surface area contributed by atoms with Crippen molar-refractivity contribution in [3.05, 3.63) is 104 Å². The summed E-state index contributed by atoms with van der Waals surface area (Å²) in [7, 11) is 3.02. The van der Waals surface area contributed by atoms with Gasteiger partial charge in [0.2, 0.25) is 0 Å². The van der Waals surface area contributed by atoms with Gasteiger partial charge in [0.05, 0.1) is 13.2 Å². The van der Waals surface area contributed by atoms with Crippen LogP contribution < -0.4 is 11.2 Å². The molecule has 1 saturated heterocycles. The van der Waals surface area contributed by atoms with Crippen LogP contribution >= 0.6 is 0 Å². The predicted molar refractivity (Wildman–Crippen MR) is 139 cm³/mol. The Morgan fingerprint density at radius 1 is 0.889 bits per heavy atom. The van der Waals surface area contributed by atoms with Gasteiger partial charge in [0, 0.05) is 38.4 Å². The van der Waals surface area contributed by atoms with Crippen LogP contribution in [0.15, 0.2) is 70.3 Å². The van der Waals surface area contributed by atoms with E-state index in [-0.39, 0.29) is 11.2 Å². The smallest absolute Gasteiger partial charge is 0.332 e. The first kappa shape index (κ1) is 23.3. The van der Waals surface area contributed by atoms with Gasteiger partial charge in [-0.1, -0.05) is 54.5 Å². The minimum atomic E-state index is -0.504. The number of hydrogen-bond donors (Lipinski definition) is 0. The summed E-state index contributed by atoms with van der Waals surface area (Å²) in [5, 5.41) is 0. The second-order valence-electron chi connectivity index (χ2n) is 8.45. The van der Waals surface area contributed by atoms with E-state index >= 15 is 0 Å². The number of morpholine rings is 1. The van der Waals surface area contributed by atoms with E-state index < -0.39 is 11.2 Å². The van der Waals surface area contributed by atoms with Crippen LogP contribution in [0.5, 0.6) is 0 Å². The molecule has 8 heteroatoms. The number of rotatable bonds is 3. The number of aromatic nitrogens is 4. The standard InChI is InChI=1S/C28H25N5O3/c1-31-26-25(27(34)32(2)28(31)35)29-22(14-13-20-9-5-3-6-10-20)23(30-26)19-24(21-11-7-4-8-12-21)33-15-17-36-18-16-33/h3-12,19H,15-18H2,1-2H3/b24-19+. The van der Waals surface area contributed by atoms with Gasteiger partial charge in [0.15, 0.2) is 11.2 Å². The van der Waals surface area contributed by atoms with E-state index in [4.69, 9.17) is 9.72 Å². The third kappa shape index (κ3) is 4.57. The molecule has 0 radical (unpaired) electrons. The fourth-order valence-electron chi connectivity index (χ4n) is 4.12. The number of fused-ring (bicyclic) bond motifs is 1. The highest BCUT2D eigenvalue weighted by atomic mass is 16.5. The summed E-state index contributed by atoms with van der Waals surface area (Å²) in [6, 6.07) is 19.6. The van der Waals surface area contributed by atoms with Crippen LogP contribution in [0.4, 0.5) is 0 Å². The molecule has 2 aromatic heterocycles. The van der Waals surface area contributed by atoms with Gasteiger partial charge in [-0.05, 0) is 29.7 Å². The quantitative estimate of drug-likeness (QED) is 0.420. The van der Waals surface area contributed by atoms with Crippen molar-refractivity contribution in [1.82, 2.24) is 24.0 Å². The Hall–Kier alpha value is -4.48. The van der Waals surface area contributed by atoms with Crippen LogP contribution in [-0.4, -0.2) is 50.3 Å². The number of benzene rings is 2. The lowest BCUT2D eigenvalue weighted by Crippen LogP contribution is -2.38. The lowest BCUT2D eigenvalue weighted by molar-refractivity contribution is 0.0642. The molecule has 0 saturated carbocycles. The molecule has 0 aliphatic carbocycles. The van der Waals surface area contributed by atoms with Crippen molar-refractivity contribution in [2.24, 2.45) is 14.1 Å². The normalized spacial score (nSPS) is 13.9. The van der Waals surface area contributed by atoms with Gasteiger partial charge in [0.1, 0.15) is 11.4 Å². The number of hydrogen-bond acceptors (Lipinski definition) is 6. The van der Waals surface area contributed by atoms with Crippen molar-refractivity contribution < 1.29 is 4.74 Å². The Kier molecular flexibility index (Phi) is 6.48. The number of nitrogens with zero attached hydrogens (tertiary/aromatic N) is 5. The number of ether oxygens (including phenoxy) is 1. The van der Waals surface area contributed by atoms with Crippen LogP contribution in [0.3, 0.4) is 0 Å². The zero-order valence-corrected chi connectivity index (χ0v) is 20.1. The average molecular weight is 480 g/mol. The first-order valence-electron chi connectivity index (χ1n) is 11.7. The number of aryl methyl sites for hydroxylation is 1. The van der Waals surface area contributed by atoms with Gasteiger partial charge in [-0.3, -0.25) is 13.9 Å². The van der Waals surface area contributed by atoms with Crippen molar-refractivity contribution in [1.29, 1.82) is 0 Å². The molecular formula is C28H25N5O3. The van der Waals surface area contributed by atoms with Crippen LogP contribution in [0.1, 0.15) is 22.5 Å². The Labute approximate surface area is 208 Å². The van der Waals surface area contributed by atoms with Crippen LogP contribution in [0.2, 0.25) is 0 Å². The molecule has 180 valence electrons. The molecule has 0 amide bonds. The van der Waals surface area contributed by atoms with Gasteiger partial charge in [-0.15, -0.1) is 0 Å². The van der Waals surface area contributed by atoms with Gasteiger partial charge in [-0.2, -0.15) is 0 Å². The van der Waals surface area contributed by atoms with Crippen LogP contribution in [0.25, 0.3) is 22.9 Å². The third-order valence-electron chi connectivity index (χ3n) is 6.10. The van der Waals surface area contributed by atoms with Crippen LogP contribution in [0, 0.1) is 11.8 Å². The summed E-state index contributed by atoms with van der Waals surface area (Å²) in [5.74, 6) is 6.24. The second kappa shape index (κ2) is 10.0. The molecule has 0 N–H and O–H groups in total. The molecule has 0 atom stereocenters. The molecule has 8 nitrogen and oxygen atoms in total. The minimum absolute atomic E-state index is 0.0988. The average Bonchev–Trinajstić information content (AvgIpc) is 2.94. The van der Waals surface area contributed by atoms with Crippen molar-refractivity contribution >= 4 is 22.9 Å². The van der Waals surface area contributed by atoms with E-state index in [1.54, 1.807) is 7.05 Å².